The number of hydrogen-bond acceptors (Lipinski definition) is 6. The summed E-state index contributed by atoms with van der Waals surface area (Å²) in [5.74, 6) is -0.539. The summed E-state index contributed by atoms with van der Waals surface area (Å²) < 4.78 is 0. The third-order valence-corrected chi connectivity index (χ3v) is 2.58. The molecule has 2 heterocycles. The number of aromatic amines is 1. The SMILES string of the molecule is CN1C(=O)CC(Nc2nc[nH]c(=O)c2N)C1=O. The van der Waals surface area contributed by atoms with Crippen LogP contribution in [0.5, 0.6) is 0 Å². The lowest BCUT2D eigenvalue weighted by atomic mass is 10.2. The molecule has 0 aromatic carbocycles. The summed E-state index contributed by atoms with van der Waals surface area (Å²) in [5.41, 5.74) is 4.89. The molecule has 1 unspecified atom stereocenters. The van der Waals surface area contributed by atoms with Crippen molar-refractivity contribution in [3.8, 4) is 0 Å². The molecule has 2 amide bonds. The average Bonchev–Trinajstić information content (AvgIpc) is 2.53. The van der Waals surface area contributed by atoms with Crippen LogP contribution < -0.4 is 16.6 Å². The number of rotatable bonds is 2. The second-order valence-electron chi connectivity index (χ2n) is 3.69. The van der Waals surface area contributed by atoms with E-state index < -0.39 is 11.6 Å². The van der Waals surface area contributed by atoms with E-state index in [4.69, 9.17) is 5.73 Å². The molecule has 17 heavy (non-hydrogen) atoms. The standard InChI is InChI=1S/C9H11N5O3/c1-14-5(15)2-4(9(14)17)13-7-6(10)8(16)12-3-11-7/h3-4H,2,10H2,1H3,(H2,11,12,13,16). The number of anilines is 2. The van der Waals surface area contributed by atoms with Gasteiger partial charge in [0.2, 0.25) is 5.91 Å². The Morgan fingerprint density at radius 2 is 2.24 bits per heavy atom. The Morgan fingerprint density at radius 1 is 1.53 bits per heavy atom. The molecule has 2 rings (SSSR count). The fraction of sp³-hybridized carbons (Fsp3) is 0.333. The van der Waals surface area contributed by atoms with Crippen LogP contribution in [0.1, 0.15) is 6.42 Å². The number of likely N-dealkylation sites (N-methyl/N-ethyl adjacent to an activating group) is 1. The van der Waals surface area contributed by atoms with E-state index in [0.29, 0.717) is 0 Å². The minimum atomic E-state index is -0.718. The molecule has 0 radical (unpaired) electrons. The van der Waals surface area contributed by atoms with Gasteiger partial charge < -0.3 is 16.0 Å². The highest BCUT2D eigenvalue weighted by Crippen LogP contribution is 2.17. The van der Waals surface area contributed by atoms with Crippen molar-refractivity contribution in [2.24, 2.45) is 0 Å². The topological polar surface area (TPSA) is 121 Å². The molecule has 1 atom stereocenters. The van der Waals surface area contributed by atoms with Crippen molar-refractivity contribution in [1.82, 2.24) is 14.9 Å². The van der Waals surface area contributed by atoms with E-state index in [-0.39, 0.29) is 29.7 Å². The van der Waals surface area contributed by atoms with E-state index in [9.17, 15) is 14.4 Å². The highest BCUT2D eigenvalue weighted by atomic mass is 16.2. The van der Waals surface area contributed by atoms with Crippen LogP contribution in [0.2, 0.25) is 0 Å². The van der Waals surface area contributed by atoms with Crippen LogP contribution >= 0.6 is 0 Å². The van der Waals surface area contributed by atoms with E-state index in [1.807, 2.05) is 0 Å². The van der Waals surface area contributed by atoms with Crippen LogP contribution in [0.15, 0.2) is 11.1 Å². The normalized spacial score (nSPS) is 19.8. The second kappa shape index (κ2) is 3.89. The summed E-state index contributed by atoms with van der Waals surface area (Å²) in [6.07, 6.45) is 1.20. The number of carbonyl (C=O) groups is 2. The lowest BCUT2D eigenvalue weighted by molar-refractivity contribution is -0.136. The lowest BCUT2D eigenvalue weighted by Gasteiger charge is -2.12. The van der Waals surface area contributed by atoms with Gasteiger partial charge in [0, 0.05) is 7.05 Å². The van der Waals surface area contributed by atoms with Crippen molar-refractivity contribution in [2.75, 3.05) is 18.1 Å². The van der Waals surface area contributed by atoms with Gasteiger partial charge in [-0.05, 0) is 0 Å². The highest BCUT2D eigenvalue weighted by molar-refractivity contribution is 6.06. The molecule has 1 aliphatic rings. The quantitative estimate of drug-likeness (QED) is 0.539. The molecule has 1 saturated heterocycles. The van der Waals surface area contributed by atoms with Gasteiger partial charge in [0.05, 0.1) is 12.7 Å². The fourth-order valence-electron chi connectivity index (χ4n) is 1.56. The third-order valence-electron chi connectivity index (χ3n) is 2.58. The van der Waals surface area contributed by atoms with Gasteiger partial charge in [-0.25, -0.2) is 4.98 Å². The molecule has 0 bridgehead atoms. The van der Waals surface area contributed by atoms with Gasteiger partial charge in [-0.2, -0.15) is 0 Å². The summed E-state index contributed by atoms with van der Waals surface area (Å²) in [6, 6.07) is -0.718. The summed E-state index contributed by atoms with van der Waals surface area (Å²) in [6.45, 7) is 0. The fourth-order valence-corrected chi connectivity index (χ4v) is 1.56. The van der Waals surface area contributed by atoms with Gasteiger partial charge in [-0.3, -0.25) is 19.3 Å². The maximum Gasteiger partial charge on any atom is 0.276 e. The molecule has 1 aliphatic heterocycles. The van der Waals surface area contributed by atoms with Crippen LogP contribution in [0.3, 0.4) is 0 Å². The zero-order chi connectivity index (χ0) is 12.6. The molecular weight excluding hydrogens is 226 g/mol. The van der Waals surface area contributed by atoms with Crippen LogP contribution in [0.25, 0.3) is 0 Å². The molecule has 1 aromatic heterocycles. The van der Waals surface area contributed by atoms with Crippen LogP contribution in [-0.2, 0) is 9.59 Å². The van der Waals surface area contributed by atoms with Gasteiger partial charge in [-0.1, -0.05) is 0 Å². The first kappa shape index (κ1) is 11.1. The minimum Gasteiger partial charge on any atom is -0.391 e. The lowest BCUT2D eigenvalue weighted by Crippen LogP contribution is -2.32. The van der Waals surface area contributed by atoms with Gasteiger partial charge in [0.25, 0.3) is 11.5 Å². The Balaban J connectivity index is 2.23. The van der Waals surface area contributed by atoms with E-state index in [1.54, 1.807) is 0 Å². The predicted octanol–water partition coefficient (Wildman–Crippen LogP) is -1.48. The van der Waals surface area contributed by atoms with Crippen molar-refractivity contribution < 1.29 is 9.59 Å². The molecular formula is C9H11N5O3. The molecule has 1 aromatic rings. The predicted molar refractivity (Wildman–Crippen MR) is 59.1 cm³/mol. The van der Waals surface area contributed by atoms with Crippen molar-refractivity contribution in [3.05, 3.63) is 16.7 Å². The summed E-state index contributed by atoms with van der Waals surface area (Å²) >= 11 is 0. The van der Waals surface area contributed by atoms with Crippen molar-refractivity contribution in [3.63, 3.8) is 0 Å². The molecule has 90 valence electrons. The molecule has 0 spiro atoms. The molecule has 8 heteroatoms. The summed E-state index contributed by atoms with van der Waals surface area (Å²) in [7, 11) is 1.40. The number of carbonyl (C=O) groups excluding carboxylic acids is 2. The van der Waals surface area contributed by atoms with Gasteiger partial charge in [0.15, 0.2) is 5.82 Å². The van der Waals surface area contributed by atoms with E-state index in [1.165, 1.54) is 13.4 Å². The molecule has 8 nitrogen and oxygen atoms in total. The smallest absolute Gasteiger partial charge is 0.276 e. The molecule has 0 aliphatic carbocycles. The van der Waals surface area contributed by atoms with Crippen LogP contribution in [0, 0.1) is 0 Å². The number of nitrogen functional groups attached to an aromatic ring is 1. The third kappa shape index (κ3) is 1.84. The van der Waals surface area contributed by atoms with E-state index in [0.717, 1.165) is 4.90 Å². The monoisotopic (exact) mass is 237 g/mol. The zero-order valence-corrected chi connectivity index (χ0v) is 9.06. The zero-order valence-electron chi connectivity index (χ0n) is 9.06. The first-order valence-electron chi connectivity index (χ1n) is 4.91. The van der Waals surface area contributed by atoms with Crippen molar-refractivity contribution >= 4 is 23.3 Å². The number of hydrogen-bond donors (Lipinski definition) is 3. The Bertz CT molecular complexity index is 538. The molecule has 1 fully saturated rings. The van der Waals surface area contributed by atoms with Crippen molar-refractivity contribution in [1.29, 1.82) is 0 Å². The van der Waals surface area contributed by atoms with E-state index in [2.05, 4.69) is 15.3 Å². The Labute approximate surface area is 95.8 Å². The Morgan fingerprint density at radius 3 is 2.82 bits per heavy atom. The maximum absolute atomic E-state index is 11.6. The van der Waals surface area contributed by atoms with Crippen molar-refractivity contribution in [2.45, 2.75) is 12.5 Å². The number of nitrogens with one attached hydrogen (secondary N) is 2. The first-order chi connectivity index (χ1) is 8.00. The number of aromatic nitrogens is 2. The average molecular weight is 237 g/mol. The first-order valence-corrected chi connectivity index (χ1v) is 4.91. The largest absolute Gasteiger partial charge is 0.391 e. The Kier molecular flexibility index (Phi) is 2.54. The van der Waals surface area contributed by atoms with Gasteiger partial charge in [-0.15, -0.1) is 0 Å². The Hall–Kier alpha value is -2.38. The number of nitrogens with two attached hydrogens (primary N) is 1. The van der Waals surface area contributed by atoms with E-state index >= 15 is 0 Å². The second-order valence-corrected chi connectivity index (χ2v) is 3.69. The number of amides is 2. The molecule has 0 saturated carbocycles. The number of imide groups is 1. The van der Waals surface area contributed by atoms with Crippen LogP contribution in [0.4, 0.5) is 11.5 Å². The number of H-pyrrole nitrogens is 1. The van der Waals surface area contributed by atoms with Crippen LogP contribution in [-0.4, -0.2) is 39.8 Å². The summed E-state index contributed by atoms with van der Waals surface area (Å²) in [5, 5.41) is 2.69. The highest BCUT2D eigenvalue weighted by Gasteiger charge is 2.36. The number of nitrogens with zero attached hydrogens (tertiary/aromatic N) is 2. The van der Waals surface area contributed by atoms with Gasteiger partial charge in [0.1, 0.15) is 11.7 Å². The maximum atomic E-state index is 11.6. The molecule has 4 N–H and O–H groups in total. The number of likely N-dealkylation sites (tertiary alicyclic amines) is 1. The van der Waals surface area contributed by atoms with Gasteiger partial charge >= 0.3 is 0 Å². The summed E-state index contributed by atoms with van der Waals surface area (Å²) in [4.78, 5) is 41.2. The minimum absolute atomic E-state index is 0.0310.